The quantitative estimate of drug-likeness (QED) is 0.570. The van der Waals surface area contributed by atoms with Gasteiger partial charge in [0.25, 0.3) is 0 Å². The van der Waals surface area contributed by atoms with E-state index >= 15 is 0 Å². The Kier molecular flexibility index (Phi) is 5.42. The predicted octanol–water partition coefficient (Wildman–Crippen LogP) is 5.25. The first-order valence-corrected chi connectivity index (χ1v) is 8.72. The smallest absolute Gasteiger partial charge is 0.119 e. The molecule has 0 N–H and O–H groups in total. The van der Waals surface area contributed by atoms with Crippen LogP contribution in [0.25, 0.3) is 5.69 Å². The number of ether oxygens (including phenoxy) is 2. The maximum Gasteiger partial charge on any atom is 0.119 e. The SMILES string of the molecule is CCOc1ccc(-n2c(C)cc(C=Nc3ccc(OC)cc3)c2C)cc1. The normalized spacial score (nSPS) is 11.1. The van der Waals surface area contributed by atoms with Gasteiger partial charge in [-0.05, 0) is 75.4 Å². The first kappa shape index (κ1) is 17.8. The van der Waals surface area contributed by atoms with Crippen molar-refractivity contribution >= 4 is 11.9 Å². The monoisotopic (exact) mass is 348 g/mol. The van der Waals surface area contributed by atoms with Crippen molar-refractivity contribution in [3.05, 3.63) is 71.5 Å². The molecule has 1 heterocycles. The lowest BCUT2D eigenvalue weighted by atomic mass is 10.2. The standard InChI is InChI=1S/C22H24N2O2/c1-5-26-22-12-8-20(9-13-22)24-16(2)14-18(17(24)3)15-23-19-6-10-21(25-4)11-7-19/h6-15H,5H2,1-4H3. The third kappa shape index (κ3) is 3.80. The summed E-state index contributed by atoms with van der Waals surface area (Å²) < 4.78 is 12.9. The van der Waals surface area contributed by atoms with Crippen molar-refractivity contribution in [3.63, 3.8) is 0 Å². The van der Waals surface area contributed by atoms with Gasteiger partial charge in [0.05, 0.1) is 19.4 Å². The third-order valence-electron chi connectivity index (χ3n) is 4.30. The van der Waals surface area contributed by atoms with Gasteiger partial charge < -0.3 is 14.0 Å². The summed E-state index contributed by atoms with van der Waals surface area (Å²) in [7, 11) is 1.66. The van der Waals surface area contributed by atoms with Gasteiger partial charge in [0, 0.05) is 28.9 Å². The van der Waals surface area contributed by atoms with Crippen molar-refractivity contribution in [2.75, 3.05) is 13.7 Å². The molecule has 0 radical (unpaired) electrons. The van der Waals surface area contributed by atoms with Crippen LogP contribution in [-0.4, -0.2) is 24.5 Å². The molecule has 3 aromatic rings. The fourth-order valence-electron chi connectivity index (χ4n) is 2.99. The fraction of sp³-hybridized carbons (Fsp3) is 0.227. The van der Waals surface area contributed by atoms with Gasteiger partial charge in [-0.1, -0.05) is 0 Å². The third-order valence-corrected chi connectivity index (χ3v) is 4.30. The van der Waals surface area contributed by atoms with E-state index in [0.29, 0.717) is 6.61 Å². The molecule has 3 rings (SSSR count). The van der Waals surface area contributed by atoms with Crippen LogP contribution in [0.2, 0.25) is 0 Å². The summed E-state index contributed by atoms with van der Waals surface area (Å²) in [6, 6.07) is 18.0. The second-order valence-electron chi connectivity index (χ2n) is 6.05. The second-order valence-corrected chi connectivity index (χ2v) is 6.05. The Morgan fingerprint density at radius 3 is 2.23 bits per heavy atom. The molecule has 134 valence electrons. The lowest BCUT2D eigenvalue weighted by molar-refractivity contribution is 0.340. The summed E-state index contributed by atoms with van der Waals surface area (Å²) >= 11 is 0. The molecular weight excluding hydrogens is 324 g/mol. The molecule has 2 aromatic carbocycles. The zero-order chi connectivity index (χ0) is 18.5. The molecule has 0 saturated carbocycles. The molecule has 0 fully saturated rings. The molecule has 0 atom stereocenters. The molecule has 0 amide bonds. The highest BCUT2D eigenvalue weighted by Crippen LogP contribution is 2.23. The van der Waals surface area contributed by atoms with Gasteiger partial charge in [-0.3, -0.25) is 4.99 Å². The van der Waals surface area contributed by atoms with Crippen molar-refractivity contribution in [2.45, 2.75) is 20.8 Å². The molecule has 0 aliphatic carbocycles. The largest absolute Gasteiger partial charge is 0.497 e. The van der Waals surface area contributed by atoms with Crippen LogP contribution in [-0.2, 0) is 0 Å². The van der Waals surface area contributed by atoms with E-state index in [2.05, 4.69) is 41.6 Å². The second kappa shape index (κ2) is 7.91. The summed E-state index contributed by atoms with van der Waals surface area (Å²) in [5.41, 5.74) is 5.45. The van der Waals surface area contributed by atoms with Gasteiger partial charge in [-0.15, -0.1) is 0 Å². The van der Waals surface area contributed by atoms with Crippen LogP contribution in [0.15, 0.2) is 59.6 Å². The van der Waals surface area contributed by atoms with Gasteiger partial charge in [-0.25, -0.2) is 0 Å². The van der Waals surface area contributed by atoms with Crippen molar-refractivity contribution < 1.29 is 9.47 Å². The van der Waals surface area contributed by atoms with Gasteiger partial charge in [0.1, 0.15) is 11.5 Å². The van der Waals surface area contributed by atoms with E-state index in [0.717, 1.165) is 34.1 Å². The summed E-state index contributed by atoms with van der Waals surface area (Å²) in [6.07, 6.45) is 1.91. The highest BCUT2D eigenvalue weighted by Gasteiger charge is 2.09. The molecule has 0 bridgehead atoms. The van der Waals surface area contributed by atoms with E-state index in [1.165, 1.54) is 5.69 Å². The molecule has 0 spiro atoms. The lowest BCUT2D eigenvalue weighted by Gasteiger charge is -2.10. The summed E-state index contributed by atoms with van der Waals surface area (Å²) in [5.74, 6) is 1.72. The maximum atomic E-state index is 5.53. The van der Waals surface area contributed by atoms with Crippen LogP contribution in [0.1, 0.15) is 23.9 Å². The first-order chi connectivity index (χ1) is 12.6. The average Bonchev–Trinajstić information content (AvgIpc) is 2.95. The van der Waals surface area contributed by atoms with Gasteiger partial charge in [-0.2, -0.15) is 0 Å². The lowest BCUT2D eigenvalue weighted by Crippen LogP contribution is -2.00. The van der Waals surface area contributed by atoms with Crippen LogP contribution < -0.4 is 9.47 Å². The number of methoxy groups -OCH3 is 1. The minimum Gasteiger partial charge on any atom is -0.497 e. The number of aromatic nitrogens is 1. The molecule has 0 aliphatic heterocycles. The van der Waals surface area contributed by atoms with Crippen molar-refractivity contribution in [1.82, 2.24) is 4.57 Å². The Morgan fingerprint density at radius 2 is 1.62 bits per heavy atom. The maximum absolute atomic E-state index is 5.53. The molecular formula is C22H24N2O2. The van der Waals surface area contributed by atoms with Crippen LogP contribution in [0.4, 0.5) is 5.69 Å². The van der Waals surface area contributed by atoms with Crippen molar-refractivity contribution in [1.29, 1.82) is 0 Å². The first-order valence-electron chi connectivity index (χ1n) is 8.72. The average molecular weight is 348 g/mol. The highest BCUT2D eigenvalue weighted by atomic mass is 16.5. The number of hydrogen-bond acceptors (Lipinski definition) is 3. The Bertz CT molecular complexity index is 891. The Hall–Kier alpha value is -3.01. The molecule has 0 aliphatic rings. The number of hydrogen-bond donors (Lipinski definition) is 0. The van der Waals surface area contributed by atoms with E-state index in [1.54, 1.807) is 7.11 Å². The molecule has 26 heavy (non-hydrogen) atoms. The van der Waals surface area contributed by atoms with E-state index < -0.39 is 0 Å². The van der Waals surface area contributed by atoms with Crippen molar-refractivity contribution in [3.8, 4) is 17.2 Å². The van der Waals surface area contributed by atoms with E-state index in [4.69, 9.17) is 9.47 Å². The Morgan fingerprint density at radius 1 is 0.962 bits per heavy atom. The fourth-order valence-corrected chi connectivity index (χ4v) is 2.99. The van der Waals surface area contributed by atoms with Crippen molar-refractivity contribution in [2.24, 2.45) is 4.99 Å². The van der Waals surface area contributed by atoms with Crippen LogP contribution in [0.5, 0.6) is 11.5 Å². The Labute approximate surface area is 154 Å². The summed E-state index contributed by atoms with van der Waals surface area (Å²) in [6.45, 7) is 6.88. The molecule has 1 aromatic heterocycles. The minimum atomic E-state index is 0.674. The number of aliphatic imine (C=N–C) groups is 1. The molecule has 0 unspecified atom stereocenters. The van der Waals surface area contributed by atoms with Gasteiger partial charge in [0.15, 0.2) is 0 Å². The topological polar surface area (TPSA) is 35.8 Å². The highest BCUT2D eigenvalue weighted by molar-refractivity contribution is 5.84. The number of rotatable bonds is 6. The number of nitrogens with zero attached hydrogens (tertiary/aromatic N) is 2. The summed E-state index contributed by atoms with van der Waals surface area (Å²) in [5, 5.41) is 0. The summed E-state index contributed by atoms with van der Waals surface area (Å²) in [4.78, 5) is 4.59. The van der Waals surface area contributed by atoms with Crippen LogP contribution in [0.3, 0.4) is 0 Å². The zero-order valence-electron chi connectivity index (χ0n) is 15.7. The molecule has 0 saturated heterocycles. The van der Waals surface area contributed by atoms with Crippen LogP contribution >= 0.6 is 0 Å². The molecule has 4 heteroatoms. The predicted molar refractivity (Wildman–Crippen MR) is 107 cm³/mol. The Balaban J connectivity index is 1.86. The number of aryl methyl sites for hydroxylation is 1. The number of benzene rings is 2. The zero-order valence-corrected chi connectivity index (χ0v) is 15.7. The molecule has 4 nitrogen and oxygen atoms in total. The van der Waals surface area contributed by atoms with E-state index in [-0.39, 0.29) is 0 Å². The van der Waals surface area contributed by atoms with E-state index in [9.17, 15) is 0 Å². The van der Waals surface area contributed by atoms with Gasteiger partial charge in [0.2, 0.25) is 0 Å². The minimum absolute atomic E-state index is 0.674. The van der Waals surface area contributed by atoms with Crippen LogP contribution in [0, 0.1) is 13.8 Å². The van der Waals surface area contributed by atoms with E-state index in [1.807, 2.05) is 49.5 Å². The van der Waals surface area contributed by atoms with Gasteiger partial charge >= 0.3 is 0 Å².